The number of aryl methyl sites for hydroxylation is 2. The number of esters is 1. The fourth-order valence-electron chi connectivity index (χ4n) is 4.76. The van der Waals surface area contributed by atoms with E-state index in [1.807, 2.05) is 44.2 Å². The molecular formula is C26H33N3O4. The number of ether oxygens (including phenoxy) is 2. The third kappa shape index (κ3) is 5.29. The summed E-state index contributed by atoms with van der Waals surface area (Å²) < 4.78 is 10.2. The number of nitriles is 1. The van der Waals surface area contributed by atoms with Crippen LogP contribution in [0.3, 0.4) is 0 Å². The molecule has 7 heteroatoms. The van der Waals surface area contributed by atoms with Gasteiger partial charge in [-0.2, -0.15) is 5.26 Å². The summed E-state index contributed by atoms with van der Waals surface area (Å²) in [4.78, 5) is 16.7. The second-order valence-corrected chi connectivity index (χ2v) is 8.44. The van der Waals surface area contributed by atoms with Crippen molar-refractivity contribution in [1.82, 2.24) is 0 Å². The lowest BCUT2D eigenvalue weighted by Crippen LogP contribution is -2.46. The first kappa shape index (κ1) is 24.6. The van der Waals surface area contributed by atoms with Gasteiger partial charge in [0.15, 0.2) is 0 Å². The lowest BCUT2D eigenvalue weighted by molar-refractivity contribution is 0.0600. The minimum atomic E-state index is -0.354. The molecule has 3 rings (SSSR count). The molecule has 0 amide bonds. The summed E-state index contributed by atoms with van der Waals surface area (Å²) in [5.41, 5.74) is 5.95. The number of carbonyl (C=O) groups excluding carboxylic acids is 1. The number of piperidine rings is 1. The second kappa shape index (κ2) is 11.2. The smallest absolute Gasteiger partial charge is 0.338 e. The van der Waals surface area contributed by atoms with Crippen LogP contribution in [0, 0.1) is 25.2 Å². The monoisotopic (exact) mass is 451 g/mol. The normalized spacial score (nSPS) is 14.1. The van der Waals surface area contributed by atoms with Gasteiger partial charge in [0.25, 0.3) is 0 Å². The predicted octanol–water partition coefficient (Wildman–Crippen LogP) is 3.58. The molecule has 0 bridgehead atoms. The van der Waals surface area contributed by atoms with Crippen molar-refractivity contribution < 1.29 is 19.4 Å². The van der Waals surface area contributed by atoms with Crippen LogP contribution in [-0.2, 0) is 16.1 Å². The van der Waals surface area contributed by atoms with Gasteiger partial charge in [-0.1, -0.05) is 18.2 Å². The molecule has 7 nitrogen and oxygen atoms in total. The average Bonchev–Trinajstić information content (AvgIpc) is 2.83. The van der Waals surface area contributed by atoms with Crippen molar-refractivity contribution in [3.05, 3.63) is 58.1 Å². The van der Waals surface area contributed by atoms with Gasteiger partial charge in [-0.05, 0) is 55.5 Å². The summed E-state index contributed by atoms with van der Waals surface area (Å²) in [5.74, 6) is -0.354. The molecule has 1 aliphatic rings. The molecule has 0 aliphatic carbocycles. The van der Waals surface area contributed by atoms with Gasteiger partial charge < -0.3 is 24.4 Å². The Morgan fingerprint density at radius 2 is 1.94 bits per heavy atom. The van der Waals surface area contributed by atoms with E-state index in [1.165, 1.54) is 7.11 Å². The Morgan fingerprint density at radius 1 is 1.21 bits per heavy atom. The third-order valence-electron chi connectivity index (χ3n) is 6.38. The highest BCUT2D eigenvalue weighted by atomic mass is 16.5. The van der Waals surface area contributed by atoms with E-state index >= 15 is 0 Å². The zero-order chi connectivity index (χ0) is 24.0. The molecule has 0 aromatic heterocycles. The molecule has 0 unspecified atom stereocenters. The van der Waals surface area contributed by atoms with Gasteiger partial charge in [0.2, 0.25) is 0 Å². The SMILES string of the molecule is COCc1cccc(N2CCC(N(CCO)c3cc(C(=O)OC)c(C)cc3C)CC2)c1C#N. The van der Waals surface area contributed by atoms with Gasteiger partial charge in [-0.15, -0.1) is 0 Å². The van der Waals surface area contributed by atoms with Gasteiger partial charge >= 0.3 is 5.97 Å². The Hall–Kier alpha value is -3.08. The van der Waals surface area contributed by atoms with Crippen LogP contribution < -0.4 is 9.80 Å². The van der Waals surface area contributed by atoms with E-state index < -0.39 is 0 Å². The minimum Gasteiger partial charge on any atom is -0.465 e. The van der Waals surface area contributed by atoms with Crippen molar-refractivity contribution in [3.63, 3.8) is 0 Å². The molecule has 1 saturated heterocycles. The lowest BCUT2D eigenvalue weighted by atomic mass is 9.97. The van der Waals surface area contributed by atoms with Crippen molar-refractivity contribution in [2.24, 2.45) is 0 Å². The van der Waals surface area contributed by atoms with E-state index in [9.17, 15) is 15.2 Å². The summed E-state index contributed by atoms with van der Waals surface area (Å²) in [6.45, 7) is 6.46. The Labute approximate surface area is 196 Å². The second-order valence-electron chi connectivity index (χ2n) is 8.44. The third-order valence-corrected chi connectivity index (χ3v) is 6.38. The number of hydrogen-bond acceptors (Lipinski definition) is 7. The molecule has 176 valence electrons. The van der Waals surface area contributed by atoms with Crippen molar-refractivity contribution in [3.8, 4) is 6.07 Å². The highest BCUT2D eigenvalue weighted by molar-refractivity contribution is 5.92. The van der Waals surface area contributed by atoms with Gasteiger partial charge in [0, 0.05) is 38.5 Å². The van der Waals surface area contributed by atoms with Gasteiger partial charge in [0.1, 0.15) is 6.07 Å². The largest absolute Gasteiger partial charge is 0.465 e. The van der Waals surface area contributed by atoms with E-state index in [1.54, 1.807) is 7.11 Å². The Morgan fingerprint density at radius 3 is 2.55 bits per heavy atom. The number of nitrogens with zero attached hydrogens (tertiary/aromatic N) is 3. The standard InChI is InChI=1S/C26H33N3O4/c1-18-14-19(2)25(15-22(18)26(31)33-4)29(12-13-30)21-8-10-28(11-9-21)24-7-5-6-20(17-32-3)23(24)16-27/h5-7,14-15,21,30H,8-13,17H2,1-4H3. The summed E-state index contributed by atoms with van der Waals surface area (Å²) in [5, 5.41) is 19.5. The molecule has 1 N–H and O–H groups in total. The van der Waals surface area contributed by atoms with Crippen LogP contribution >= 0.6 is 0 Å². The minimum absolute atomic E-state index is 0.0265. The molecule has 1 aliphatic heterocycles. The first-order valence-electron chi connectivity index (χ1n) is 11.3. The molecule has 1 heterocycles. The highest BCUT2D eigenvalue weighted by Crippen LogP contribution is 2.32. The fraction of sp³-hybridized carbons (Fsp3) is 0.462. The van der Waals surface area contributed by atoms with Crippen LogP contribution in [0.15, 0.2) is 30.3 Å². The predicted molar refractivity (Wildman–Crippen MR) is 129 cm³/mol. The number of benzene rings is 2. The van der Waals surface area contributed by atoms with Crippen LogP contribution in [0.25, 0.3) is 0 Å². The Balaban J connectivity index is 1.84. The summed E-state index contributed by atoms with van der Waals surface area (Å²) in [6.07, 6.45) is 1.75. The average molecular weight is 452 g/mol. The molecule has 0 saturated carbocycles. The van der Waals surface area contributed by atoms with E-state index in [-0.39, 0.29) is 18.6 Å². The van der Waals surface area contributed by atoms with E-state index in [2.05, 4.69) is 15.9 Å². The molecule has 0 radical (unpaired) electrons. The van der Waals surface area contributed by atoms with Gasteiger partial charge in [0.05, 0.1) is 37.1 Å². The first-order valence-corrected chi connectivity index (χ1v) is 11.3. The maximum Gasteiger partial charge on any atom is 0.338 e. The summed E-state index contributed by atoms with van der Waals surface area (Å²) >= 11 is 0. The van der Waals surface area contributed by atoms with Crippen LogP contribution in [0.1, 0.15) is 45.5 Å². The van der Waals surface area contributed by atoms with Crippen molar-refractivity contribution in [2.45, 2.75) is 39.3 Å². The number of aliphatic hydroxyl groups excluding tert-OH is 1. The molecule has 1 fully saturated rings. The summed E-state index contributed by atoms with van der Waals surface area (Å²) in [7, 11) is 3.02. The maximum atomic E-state index is 12.3. The first-order chi connectivity index (χ1) is 15.9. The molecule has 0 spiro atoms. The number of rotatable bonds is 8. The molecule has 33 heavy (non-hydrogen) atoms. The van der Waals surface area contributed by atoms with Crippen LogP contribution in [-0.4, -0.2) is 57.6 Å². The number of carbonyl (C=O) groups is 1. The molecular weight excluding hydrogens is 418 g/mol. The number of anilines is 2. The van der Waals surface area contributed by atoms with Crippen LogP contribution in [0.4, 0.5) is 11.4 Å². The number of hydrogen-bond donors (Lipinski definition) is 1. The zero-order valence-corrected chi connectivity index (χ0v) is 19.9. The Bertz CT molecular complexity index is 1020. The van der Waals surface area contributed by atoms with Crippen molar-refractivity contribution >= 4 is 17.3 Å². The maximum absolute atomic E-state index is 12.3. The van der Waals surface area contributed by atoms with Crippen LogP contribution in [0.5, 0.6) is 0 Å². The Kier molecular flexibility index (Phi) is 8.32. The van der Waals surface area contributed by atoms with Crippen LogP contribution in [0.2, 0.25) is 0 Å². The summed E-state index contributed by atoms with van der Waals surface area (Å²) in [6, 6.07) is 12.4. The van der Waals surface area contributed by atoms with Crippen molar-refractivity contribution in [2.75, 3.05) is 50.3 Å². The number of methoxy groups -OCH3 is 2. The van der Waals surface area contributed by atoms with Crippen molar-refractivity contribution in [1.29, 1.82) is 5.26 Å². The highest BCUT2D eigenvalue weighted by Gasteiger charge is 2.28. The molecule has 0 atom stereocenters. The van der Waals surface area contributed by atoms with Gasteiger partial charge in [-0.25, -0.2) is 4.79 Å². The topological polar surface area (TPSA) is 86.0 Å². The quantitative estimate of drug-likeness (QED) is 0.614. The molecule has 2 aromatic carbocycles. The molecule has 2 aromatic rings. The fourth-order valence-corrected chi connectivity index (χ4v) is 4.76. The lowest BCUT2D eigenvalue weighted by Gasteiger charge is -2.41. The van der Waals surface area contributed by atoms with E-state index in [4.69, 9.17) is 9.47 Å². The van der Waals surface area contributed by atoms with E-state index in [0.29, 0.717) is 24.3 Å². The number of aliphatic hydroxyl groups is 1. The van der Waals surface area contributed by atoms with E-state index in [0.717, 1.165) is 54.0 Å². The zero-order valence-electron chi connectivity index (χ0n) is 19.9. The van der Waals surface area contributed by atoms with Gasteiger partial charge in [-0.3, -0.25) is 0 Å².